The maximum Gasteiger partial charge on any atom is 0.256 e. The van der Waals surface area contributed by atoms with E-state index in [9.17, 15) is 14.4 Å². The van der Waals surface area contributed by atoms with Crippen LogP contribution in [0.3, 0.4) is 0 Å². The highest BCUT2D eigenvalue weighted by molar-refractivity contribution is 9.10. The molecule has 2 N–H and O–H groups in total. The third kappa shape index (κ3) is 6.37. The topological polar surface area (TPSA) is 91.4 Å². The molecule has 164 valence electrons. The first-order valence-corrected chi connectivity index (χ1v) is 11.0. The van der Waals surface area contributed by atoms with Crippen molar-refractivity contribution in [2.45, 2.75) is 46.1 Å². The van der Waals surface area contributed by atoms with Crippen molar-refractivity contribution in [1.82, 2.24) is 9.88 Å². The summed E-state index contributed by atoms with van der Waals surface area (Å²) in [6, 6.07) is 9.70. The number of hydrogen-bond donors (Lipinski definition) is 2. The Morgan fingerprint density at radius 2 is 1.94 bits per heavy atom. The van der Waals surface area contributed by atoms with Gasteiger partial charge in [-0.05, 0) is 64.5 Å². The molecule has 3 amide bonds. The molecule has 8 heteroatoms. The van der Waals surface area contributed by atoms with Crippen LogP contribution in [0.2, 0.25) is 0 Å². The fraction of sp³-hybridized carbons (Fsp3) is 0.391. The number of hydrogen-bond acceptors (Lipinski definition) is 4. The van der Waals surface area contributed by atoms with Crippen molar-refractivity contribution in [2.24, 2.45) is 5.41 Å². The number of carbonyl (C=O) groups is 3. The lowest BCUT2D eigenvalue weighted by molar-refractivity contribution is -0.138. The maximum atomic E-state index is 12.9. The summed E-state index contributed by atoms with van der Waals surface area (Å²) in [6.45, 7) is 6.62. The Hall–Kier alpha value is -2.74. The second-order valence-electron chi connectivity index (χ2n) is 8.87. The number of aromatic nitrogens is 1. The Kier molecular flexibility index (Phi) is 7.10. The number of anilines is 2. The predicted molar refractivity (Wildman–Crippen MR) is 124 cm³/mol. The first-order valence-electron chi connectivity index (χ1n) is 10.3. The number of benzene rings is 1. The van der Waals surface area contributed by atoms with E-state index in [2.05, 4.69) is 31.5 Å². The van der Waals surface area contributed by atoms with E-state index in [1.807, 2.05) is 20.8 Å². The zero-order valence-corrected chi connectivity index (χ0v) is 19.5. The van der Waals surface area contributed by atoms with E-state index in [0.717, 1.165) is 10.9 Å². The summed E-state index contributed by atoms with van der Waals surface area (Å²) < 4.78 is 0.817. The summed E-state index contributed by atoms with van der Waals surface area (Å²) in [5.41, 5.74) is 0.776. The van der Waals surface area contributed by atoms with Gasteiger partial charge in [0.1, 0.15) is 11.9 Å². The van der Waals surface area contributed by atoms with Crippen LogP contribution in [0.25, 0.3) is 0 Å². The van der Waals surface area contributed by atoms with E-state index < -0.39 is 6.04 Å². The molecule has 0 saturated carbocycles. The van der Waals surface area contributed by atoms with Crippen LogP contribution in [0.4, 0.5) is 11.5 Å². The van der Waals surface area contributed by atoms with Crippen molar-refractivity contribution < 1.29 is 14.4 Å². The average Bonchev–Trinajstić information content (AvgIpc) is 3.19. The number of amides is 3. The van der Waals surface area contributed by atoms with Gasteiger partial charge in [-0.15, -0.1) is 0 Å². The largest absolute Gasteiger partial charge is 0.331 e. The summed E-state index contributed by atoms with van der Waals surface area (Å²) in [6.07, 6.45) is 3.44. The molecule has 0 aliphatic carbocycles. The second kappa shape index (κ2) is 9.60. The smallest absolute Gasteiger partial charge is 0.256 e. The van der Waals surface area contributed by atoms with Crippen molar-refractivity contribution in [3.63, 3.8) is 0 Å². The molecular weight excluding hydrogens is 460 g/mol. The third-order valence-electron chi connectivity index (χ3n) is 4.92. The number of likely N-dealkylation sites (tertiary alicyclic amines) is 1. The molecule has 3 rings (SSSR count). The maximum absolute atomic E-state index is 12.9. The van der Waals surface area contributed by atoms with Gasteiger partial charge < -0.3 is 15.5 Å². The second-order valence-corrected chi connectivity index (χ2v) is 9.78. The van der Waals surface area contributed by atoms with Gasteiger partial charge in [0, 0.05) is 34.9 Å². The highest BCUT2D eigenvalue weighted by atomic mass is 79.9. The first-order chi connectivity index (χ1) is 14.6. The zero-order chi connectivity index (χ0) is 22.6. The standard InChI is InChI=1S/C23H27BrN4O3/c1-23(2,3)13-20(29)28-11-5-8-18(28)22(31)26-17-7-4-6-15(12-17)21(30)27-19-10-9-16(24)14-25-19/h4,6-7,9-10,12,14,18H,5,8,11,13H2,1-3H3,(H,26,31)(H,25,27,30). The van der Waals surface area contributed by atoms with Crippen molar-refractivity contribution >= 4 is 45.2 Å². The fourth-order valence-corrected chi connectivity index (χ4v) is 3.73. The molecule has 1 saturated heterocycles. The van der Waals surface area contributed by atoms with Crippen LogP contribution in [-0.4, -0.2) is 40.2 Å². The summed E-state index contributed by atoms with van der Waals surface area (Å²) in [5.74, 6) is -0.123. The molecule has 1 aromatic carbocycles. The van der Waals surface area contributed by atoms with E-state index >= 15 is 0 Å². The Bertz CT molecular complexity index is 970. The van der Waals surface area contributed by atoms with E-state index in [-0.39, 0.29) is 23.1 Å². The van der Waals surface area contributed by atoms with Gasteiger partial charge in [0.15, 0.2) is 0 Å². The highest BCUT2D eigenvalue weighted by Crippen LogP contribution is 2.25. The van der Waals surface area contributed by atoms with Crippen LogP contribution in [0.15, 0.2) is 47.1 Å². The van der Waals surface area contributed by atoms with E-state index in [0.29, 0.717) is 36.5 Å². The number of rotatable bonds is 5. The van der Waals surface area contributed by atoms with Crippen LogP contribution in [-0.2, 0) is 9.59 Å². The summed E-state index contributed by atoms with van der Waals surface area (Å²) >= 11 is 3.30. The normalized spacial score (nSPS) is 16.1. The minimum absolute atomic E-state index is 0.000256. The van der Waals surface area contributed by atoms with Crippen molar-refractivity contribution in [3.05, 3.63) is 52.6 Å². The van der Waals surface area contributed by atoms with Crippen molar-refractivity contribution in [2.75, 3.05) is 17.2 Å². The number of carbonyl (C=O) groups excluding carboxylic acids is 3. The minimum Gasteiger partial charge on any atom is -0.331 e. The van der Waals surface area contributed by atoms with Crippen LogP contribution >= 0.6 is 15.9 Å². The van der Waals surface area contributed by atoms with Crippen LogP contribution in [0, 0.1) is 5.41 Å². The molecule has 0 bridgehead atoms. The molecular formula is C23H27BrN4O3. The average molecular weight is 487 g/mol. The number of nitrogens with zero attached hydrogens (tertiary/aromatic N) is 2. The zero-order valence-electron chi connectivity index (χ0n) is 17.9. The molecule has 7 nitrogen and oxygen atoms in total. The molecule has 2 aromatic rings. The number of halogens is 1. The fourth-order valence-electron chi connectivity index (χ4n) is 3.50. The third-order valence-corrected chi connectivity index (χ3v) is 5.39. The Morgan fingerprint density at radius 1 is 1.16 bits per heavy atom. The molecule has 1 aromatic heterocycles. The molecule has 31 heavy (non-hydrogen) atoms. The van der Waals surface area contributed by atoms with E-state index in [4.69, 9.17) is 0 Å². The lowest BCUT2D eigenvalue weighted by Crippen LogP contribution is -2.44. The lowest BCUT2D eigenvalue weighted by atomic mass is 9.91. The summed E-state index contributed by atoms with van der Waals surface area (Å²) in [7, 11) is 0. The molecule has 0 radical (unpaired) electrons. The van der Waals surface area contributed by atoms with Crippen molar-refractivity contribution in [1.29, 1.82) is 0 Å². The Morgan fingerprint density at radius 3 is 2.61 bits per heavy atom. The molecule has 1 fully saturated rings. The molecule has 1 aliphatic rings. The van der Waals surface area contributed by atoms with E-state index in [1.165, 1.54) is 0 Å². The van der Waals surface area contributed by atoms with Gasteiger partial charge in [0.2, 0.25) is 11.8 Å². The van der Waals surface area contributed by atoms with Crippen LogP contribution in [0.5, 0.6) is 0 Å². The number of pyridine rings is 1. The summed E-state index contributed by atoms with van der Waals surface area (Å²) in [4.78, 5) is 43.9. The van der Waals surface area contributed by atoms with Crippen LogP contribution in [0.1, 0.15) is 50.4 Å². The monoisotopic (exact) mass is 486 g/mol. The Labute approximate surface area is 190 Å². The number of nitrogens with one attached hydrogen (secondary N) is 2. The predicted octanol–water partition coefficient (Wildman–Crippen LogP) is 4.46. The molecule has 1 unspecified atom stereocenters. The SMILES string of the molecule is CC(C)(C)CC(=O)N1CCCC1C(=O)Nc1cccc(C(=O)Nc2ccc(Br)cn2)c1. The van der Waals surface area contributed by atoms with Crippen LogP contribution < -0.4 is 10.6 Å². The van der Waals surface area contributed by atoms with Gasteiger partial charge >= 0.3 is 0 Å². The molecule has 1 aliphatic heterocycles. The van der Waals surface area contributed by atoms with E-state index in [1.54, 1.807) is 47.5 Å². The minimum atomic E-state index is -0.487. The Balaban J connectivity index is 1.65. The van der Waals surface area contributed by atoms with Gasteiger partial charge in [-0.2, -0.15) is 0 Å². The highest BCUT2D eigenvalue weighted by Gasteiger charge is 2.35. The summed E-state index contributed by atoms with van der Waals surface area (Å²) in [5, 5.41) is 5.59. The van der Waals surface area contributed by atoms with Gasteiger partial charge in [-0.25, -0.2) is 4.98 Å². The van der Waals surface area contributed by atoms with Gasteiger partial charge in [-0.1, -0.05) is 26.8 Å². The lowest BCUT2D eigenvalue weighted by Gasteiger charge is -2.27. The van der Waals surface area contributed by atoms with Crippen molar-refractivity contribution in [3.8, 4) is 0 Å². The van der Waals surface area contributed by atoms with Gasteiger partial charge in [0.25, 0.3) is 5.91 Å². The first kappa shape index (κ1) is 22.9. The van der Waals surface area contributed by atoms with Gasteiger partial charge in [0.05, 0.1) is 0 Å². The quantitative estimate of drug-likeness (QED) is 0.652. The molecule has 2 heterocycles. The van der Waals surface area contributed by atoms with Gasteiger partial charge in [-0.3, -0.25) is 14.4 Å². The molecule has 1 atom stereocenters. The molecule has 0 spiro atoms.